The molecule has 0 aliphatic carbocycles. The monoisotopic (exact) mass is 423 g/mol. The highest BCUT2D eigenvalue weighted by atomic mass is 19.4. The Morgan fingerprint density at radius 3 is 2.63 bits per heavy atom. The minimum atomic E-state index is -4.48. The molecule has 0 atom stereocenters. The summed E-state index contributed by atoms with van der Waals surface area (Å²) in [6, 6.07) is 4.89. The molecule has 0 aliphatic heterocycles. The maximum absolute atomic E-state index is 12.7. The number of ether oxygens (including phenoxy) is 2. The van der Waals surface area contributed by atoms with Crippen molar-refractivity contribution in [1.29, 1.82) is 0 Å². The van der Waals surface area contributed by atoms with Gasteiger partial charge in [-0.25, -0.2) is 9.78 Å². The molecule has 0 unspecified atom stereocenters. The first-order valence-corrected chi connectivity index (χ1v) is 8.68. The van der Waals surface area contributed by atoms with Gasteiger partial charge in [0.05, 0.1) is 5.57 Å². The highest BCUT2D eigenvalue weighted by Crippen LogP contribution is 2.27. The first-order valence-electron chi connectivity index (χ1n) is 8.68. The van der Waals surface area contributed by atoms with Gasteiger partial charge in [-0.05, 0) is 49.3 Å². The van der Waals surface area contributed by atoms with E-state index in [1.54, 1.807) is 32.0 Å². The number of nitrogens with one attached hydrogen (secondary N) is 1. The lowest BCUT2D eigenvalue weighted by Crippen LogP contribution is -2.10. The molecule has 0 aliphatic rings. The number of H-pyrrole nitrogens is 1. The van der Waals surface area contributed by atoms with E-state index in [0.717, 1.165) is 12.2 Å². The number of aliphatic carboxylic acids is 1. The average molecular weight is 423 g/mol. The predicted octanol–water partition coefficient (Wildman–Crippen LogP) is 4.23. The van der Waals surface area contributed by atoms with E-state index in [-0.39, 0.29) is 12.4 Å². The van der Waals surface area contributed by atoms with Crippen molar-refractivity contribution < 1.29 is 32.5 Å². The third kappa shape index (κ3) is 6.50. The van der Waals surface area contributed by atoms with E-state index in [9.17, 15) is 18.0 Å². The maximum Gasteiger partial charge on any atom is 0.416 e. The topological polar surface area (TPSA) is 97.3 Å². The van der Waals surface area contributed by atoms with Crippen LogP contribution in [0.5, 0.6) is 11.5 Å². The third-order valence-corrected chi connectivity index (χ3v) is 3.82. The number of rotatable bonds is 9. The van der Waals surface area contributed by atoms with E-state index in [0.29, 0.717) is 28.5 Å². The second-order valence-electron chi connectivity index (χ2n) is 6.18. The van der Waals surface area contributed by atoms with Crippen LogP contribution in [0.15, 0.2) is 48.6 Å². The number of aromatic nitrogens is 3. The molecule has 0 radical (unpaired) electrons. The summed E-state index contributed by atoms with van der Waals surface area (Å²) in [5.74, 6) is 0.478. The number of aryl methyl sites for hydroxylation is 1. The number of hydrogen-bond donors (Lipinski definition) is 2. The van der Waals surface area contributed by atoms with Gasteiger partial charge in [0, 0.05) is 0 Å². The molecule has 0 saturated heterocycles. The zero-order valence-electron chi connectivity index (χ0n) is 16.3. The summed E-state index contributed by atoms with van der Waals surface area (Å²) >= 11 is 0. The molecule has 30 heavy (non-hydrogen) atoms. The summed E-state index contributed by atoms with van der Waals surface area (Å²) in [5.41, 5.74) is 0.254. The Morgan fingerprint density at radius 2 is 2.03 bits per heavy atom. The van der Waals surface area contributed by atoms with Crippen molar-refractivity contribution in [2.75, 3.05) is 6.61 Å². The van der Waals surface area contributed by atoms with Gasteiger partial charge in [-0.3, -0.25) is 5.10 Å². The largest absolute Gasteiger partial charge is 0.486 e. The van der Waals surface area contributed by atoms with Crippen molar-refractivity contribution in [3.63, 3.8) is 0 Å². The van der Waals surface area contributed by atoms with E-state index >= 15 is 0 Å². The van der Waals surface area contributed by atoms with Crippen LogP contribution in [0.1, 0.15) is 24.1 Å². The van der Waals surface area contributed by atoms with Gasteiger partial charge in [0.1, 0.15) is 18.1 Å². The molecule has 160 valence electrons. The molecule has 1 heterocycles. The second kappa shape index (κ2) is 9.77. The molecule has 7 nitrogen and oxygen atoms in total. The summed E-state index contributed by atoms with van der Waals surface area (Å²) in [6.45, 7) is 6.09. The van der Waals surface area contributed by atoms with Crippen LogP contribution in [0.25, 0.3) is 5.57 Å². The fourth-order valence-electron chi connectivity index (χ4n) is 2.27. The lowest BCUT2D eigenvalue weighted by atomic mass is 10.2. The van der Waals surface area contributed by atoms with Gasteiger partial charge >= 0.3 is 12.1 Å². The van der Waals surface area contributed by atoms with E-state index < -0.39 is 24.3 Å². The smallest absolute Gasteiger partial charge is 0.416 e. The number of carboxylic acid groups (broad SMARTS) is 1. The molecule has 0 fully saturated rings. The number of carbonyl (C=O) groups is 1. The molecule has 2 rings (SSSR count). The minimum Gasteiger partial charge on any atom is -0.486 e. The van der Waals surface area contributed by atoms with Crippen LogP contribution >= 0.6 is 0 Å². The SMILES string of the molecule is C=C/C(=C\C=C(/C)c1n[nH]c(COc2ccc(OCC(=O)O)c(C)c2)n1)C(F)(F)F. The zero-order valence-corrected chi connectivity index (χ0v) is 16.3. The zero-order chi connectivity index (χ0) is 22.3. The summed E-state index contributed by atoms with van der Waals surface area (Å²) in [4.78, 5) is 14.8. The summed E-state index contributed by atoms with van der Waals surface area (Å²) in [7, 11) is 0. The average Bonchev–Trinajstić information content (AvgIpc) is 3.14. The number of benzene rings is 1. The van der Waals surface area contributed by atoms with Gasteiger partial charge in [0.25, 0.3) is 0 Å². The van der Waals surface area contributed by atoms with Crippen molar-refractivity contribution in [2.24, 2.45) is 0 Å². The molecule has 0 spiro atoms. The highest BCUT2D eigenvalue weighted by Gasteiger charge is 2.30. The highest BCUT2D eigenvalue weighted by molar-refractivity contribution is 5.68. The molecule has 1 aromatic carbocycles. The van der Waals surface area contributed by atoms with Crippen LogP contribution in [-0.2, 0) is 11.4 Å². The minimum absolute atomic E-state index is 0.0470. The van der Waals surface area contributed by atoms with Crippen LogP contribution in [0.2, 0.25) is 0 Å². The molecule has 10 heteroatoms. The lowest BCUT2D eigenvalue weighted by molar-refractivity contribution is -0.139. The van der Waals surface area contributed by atoms with Crippen LogP contribution in [0.3, 0.4) is 0 Å². The molecular formula is C20H20F3N3O4. The van der Waals surface area contributed by atoms with Crippen molar-refractivity contribution in [3.8, 4) is 11.5 Å². The van der Waals surface area contributed by atoms with Gasteiger partial charge in [-0.2, -0.15) is 18.3 Å². The standard InChI is InChI=1S/C20H20F3N3O4/c1-4-14(20(21,22)23)6-5-12(2)19-24-17(25-26-19)10-29-15-7-8-16(13(3)9-15)30-11-18(27)28/h4-9H,1,10-11H2,2-3H3,(H,27,28)(H,24,25,26)/b12-5+,14-6+. The van der Waals surface area contributed by atoms with Crippen LogP contribution in [-0.4, -0.2) is 39.0 Å². The summed E-state index contributed by atoms with van der Waals surface area (Å²) in [5, 5.41) is 15.3. The van der Waals surface area contributed by atoms with Crippen molar-refractivity contribution in [2.45, 2.75) is 26.6 Å². The van der Waals surface area contributed by atoms with Gasteiger partial charge in [0.2, 0.25) is 0 Å². The fourth-order valence-corrected chi connectivity index (χ4v) is 2.27. The Labute approximate surface area is 170 Å². The first kappa shape index (κ1) is 22.7. The quantitative estimate of drug-likeness (QED) is 0.586. The normalized spacial score (nSPS) is 12.6. The molecule has 0 saturated carbocycles. The Morgan fingerprint density at radius 1 is 1.30 bits per heavy atom. The van der Waals surface area contributed by atoms with E-state index in [1.807, 2.05) is 0 Å². The number of hydrogen-bond acceptors (Lipinski definition) is 5. The van der Waals surface area contributed by atoms with Gasteiger partial charge in [-0.15, -0.1) is 0 Å². The third-order valence-electron chi connectivity index (χ3n) is 3.82. The summed E-state index contributed by atoms with van der Waals surface area (Å²) < 4.78 is 48.9. The van der Waals surface area contributed by atoms with E-state index in [1.165, 1.54) is 6.08 Å². The first-order chi connectivity index (χ1) is 14.1. The van der Waals surface area contributed by atoms with Crippen LogP contribution < -0.4 is 9.47 Å². The van der Waals surface area contributed by atoms with Gasteiger partial charge in [-0.1, -0.05) is 18.7 Å². The van der Waals surface area contributed by atoms with Crippen molar-refractivity contribution in [3.05, 3.63) is 65.8 Å². The van der Waals surface area contributed by atoms with E-state index in [4.69, 9.17) is 14.6 Å². The molecule has 2 N–H and O–H groups in total. The number of aromatic amines is 1. The van der Waals surface area contributed by atoms with Gasteiger partial charge < -0.3 is 14.6 Å². The number of halogens is 3. The van der Waals surface area contributed by atoms with Crippen molar-refractivity contribution in [1.82, 2.24) is 15.2 Å². The molecular weight excluding hydrogens is 403 g/mol. The number of nitrogens with zero attached hydrogens (tertiary/aromatic N) is 2. The van der Waals surface area contributed by atoms with Crippen LogP contribution in [0.4, 0.5) is 13.2 Å². The fraction of sp³-hybridized carbons (Fsp3) is 0.250. The molecule has 0 amide bonds. The lowest BCUT2D eigenvalue weighted by Gasteiger charge is -2.09. The Hall–Kier alpha value is -3.56. The Balaban J connectivity index is 2.01. The predicted molar refractivity (Wildman–Crippen MR) is 103 cm³/mol. The summed E-state index contributed by atoms with van der Waals surface area (Å²) in [6.07, 6.45) is -1.58. The number of alkyl halides is 3. The second-order valence-corrected chi connectivity index (χ2v) is 6.18. The number of allylic oxidation sites excluding steroid dienone is 5. The Bertz CT molecular complexity index is 978. The van der Waals surface area contributed by atoms with E-state index in [2.05, 4.69) is 21.8 Å². The van der Waals surface area contributed by atoms with Crippen LogP contribution in [0, 0.1) is 6.92 Å². The molecule has 0 bridgehead atoms. The van der Waals surface area contributed by atoms with Crippen molar-refractivity contribution >= 4 is 11.5 Å². The molecule has 2 aromatic rings. The Kier molecular flexibility index (Phi) is 7.40. The molecule has 1 aromatic heterocycles. The maximum atomic E-state index is 12.7. The van der Waals surface area contributed by atoms with Gasteiger partial charge in [0.15, 0.2) is 18.3 Å². The number of carboxylic acids is 1.